The number of hydrogen-bond acceptors (Lipinski definition) is 4. The molecule has 0 fully saturated rings. The van der Waals surface area contributed by atoms with Crippen molar-refractivity contribution in [1.82, 2.24) is 4.98 Å². The number of nitrogens with zero attached hydrogens (tertiary/aromatic N) is 2. The number of rotatable bonds is 3. The lowest BCUT2D eigenvalue weighted by Crippen LogP contribution is -2.35. The van der Waals surface area contributed by atoms with Crippen LogP contribution >= 0.6 is 0 Å². The number of carbonyl (C=O) groups excluding carboxylic acids is 1. The van der Waals surface area contributed by atoms with Crippen molar-refractivity contribution >= 4 is 38.1 Å². The summed E-state index contributed by atoms with van der Waals surface area (Å²) in [6.07, 6.45) is 3.11. The van der Waals surface area contributed by atoms with E-state index in [1.165, 1.54) is 0 Å². The third kappa shape index (κ3) is 2.21. The molecule has 0 saturated heterocycles. The summed E-state index contributed by atoms with van der Waals surface area (Å²) in [5.41, 5.74) is 1.11. The molecule has 0 atom stereocenters. The highest BCUT2D eigenvalue weighted by molar-refractivity contribution is 7.93. The van der Waals surface area contributed by atoms with Crippen LogP contribution in [0.15, 0.2) is 65.8 Å². The predicted molar refractivity (Wildman–Crippen MR) is 91.3 cm³/mol. The van der Waals surface area contributed by atoms with Gasteiger partial charge in [0.15, 0.2) is 0 Å². The summed E-state index contributed by atoms with van der Waals surface area (Å²) < 4.78 is 26.7. The standard InChI is InChI=1S/C17H13N3O3S/c21-16(19-13-7-9-18-10-8-13)11-20-14-5-1-3-12-4-2-6-15(17(12)14)24(20,22)23/h1-10H,11H2,(H,18,19,21). The van der Waals surface area contributed by atoms with Gasteiger partial charge in [-0.1, -0.05) is 24.3 Å². The molecule has 2 aromatic carbocycles. The van der Waals surface area contributed by atoms with Gasteiger partial charge in [-0.2, -0.15) is 0 Å². The smallest absolute Gasteiger partial charge is 0.265 e. The second-order valence-corrected chi connectivity index (χ2v) is 7.26. The Labute approximate surface area is 138 Å². The van der Waals surface area contributed by atoms with E-state index in [2.05, 4.69) is 10.3 Å². The average Bonchev–Trinajstić information content (AvgIpc) is 2.79. The third-order valence-electron chi connectivity index (χ3n) is 3.93. The molecule has 7 heteroatoms. The Morgan fingerprint density at radius 3 is 2.50 bits per heavy atom. The maximum absolute atomic E-state index is 12.8. The summed E-state index contributed by atoms with van der Waals surface area (Å²) in [5.74, 6) is -0.408. The quantitative estimate of drug-likeness (QED) is 0.794. The lowest BCUT2D eigenvalue weighted by molar-refractivity contribution is -0.114. The van der Waals surface area contributed by atoms with Gasteiger partial charge in [0.1, 0.15) is 6.54 Å². The molecule has 1 aliphatic rings. The number of sulfonamides is 1. The Morgan fingerprint density at radius 2 is 1.75 bits per heavy atom. The van der Waals surface area contributed by atoms with Gasteiger partial charge in [-0.05, 0) is 29.7 Å². The zero-order valence-corrected chi connectivity index (χ0v) is 13.3. The predicted octanol–water partition coefficient (Wildman–Crippen LogP) is 2.38. The van der Waals surface area contributed by atoms with Crippen molar-refractivity contribution in [3.05, 3.63) is 60.9 Å². The number of carbonyl (C=O) groups is 1. The Bertz CT molecular complexity index is 1040. The fraction of sp³-hybridized carbons (Fsp3) is 0.0588. The molecule has 120 valence electrons. The Balaban J connectivity index is 1.70. The van der Waals surface area contributed by atoms with Gasteiger partial charge in [0.05, 0.1) is 10.6 Å². The molecular weight excluding hydrogens is 326 g/mol. The Hall–Kier alpha value is -2.93. The molecule has 3 aromatic rings. The van der Waals surface area contributed by atoms with E-state index in [4.69, 9.17) is 0 Å². The fourth-order valence-corrected chi connectivity index (χ4v) is 4.56. The summed E-state index contributed by atoms with van der Waals surface area (Å²) in [6.45, 7) is -0.279. The minimum absolute atomic E-state index is 0.243. The first kappa shape index (κ1) is 14.6. The number of aromatic nitrogens is 1. The highest BCUT2D eigenvalue weighted by atomic mass is 32.2. The van der Waals surface area contributed by atoms with Crippen molar-refractivity contribution in [3.63, 3.8) is 0 Å². The minimum atomic E-state index is -3.73. The van der Waals surface area contributed by atoms with Crippen molar-refractivity contribution in [1.29, 1.82) is 0 Å². The highest BCUT2D eigenvalue weighted by Crippen LogP contribution is 2.41. The van der Waals surface area contributed by atoms with Gasteiger partial charge in [0.2, 0.25) is 5.91 Å². The van der Waals surface area contributed by atoms with E-state index in [-0.39, 0.29) is 11.4 Å². The van der Waals surface area contributed by atoms with Crippen LogP contribution < -0.4 is 9.62 Å². The van der Waals surface area contributed by atoms with Crippen LogP contribution in [0.2, 0.25) is 0 Å². The Morgan fingerprint density at radius 1 is 1.04 bits per heavy atom. The number of amides is 1. The van der Waals surface area contributed by atoms with Crippen LogP contribution in [0, 0.1) is 0 Å². The maximum Gasteiger partial charge on any atom is 0.265 e. The number of anilines is 2. The zero-order valence-electron chi connectivity index (χ0n) is 12.5. The summed E-state index contributed by atoms with van der Waals surface area (Å²) in [6, 6.07) is 13.8. The van der Waals surface area contributed by atoms with Gasteiger partial charge >= 0.3 is 0 Å². The highest BCUT2D eigenvalue weighted by Gasteiger charge is 2.36. The molecule has 0 bridgehead atoms. The normalized spacial score (nSPS) is 14.8. The van der Waals surface area contributed by atoms with Crippen molar-refractivity contribution in [2.24, 2.45) is 0 Å². The molecule has 0 radical (unpaired) electrons. The first-order valence-corrected chi connectivity index (χ1v) is 8.76. The molecule has 2 heterocycles. The van der Waals surface area contributed by atoms with E-state index in [0.29, 0.717) is 16.8 Å². The number of pyridine rings is 1. The molecule has 0 spiro atoms. The lowest BCUT2D eigenvalue weighted by Gasteiger charge is -2.18. The van der Waals surface area contributed by atoms with Crippen molar-refractivity contribution in [2.45, 2.75) is 4.90 Å². The second kappa shape index (κ2) is 5.31. The van der Waals surface area contributed by atoms with E-state index in [1.54, 1.807) is 48.8 Å². The van der Waals surface area contributed by atoms with Crippen LogP contribution in [0.1, 0.15) is 0 Å². The van der Waals surface area contributed by atoms with Crippen LogP contribution in [0.4, 0.5) is 11.4 Å². The van der Waals surface area contributed by atoms with Gasteiger partial charge in [-0.15, -0.1) is 0 Å². The molecule has 1 amide bonds. The summed E-state index contributed by atoms with van der Waals surface area (Å²) >= 11 is 0. The van der Waals surface area contributed by atoms with Crippen LogP contribution in [0.3, 0.4) is 0 Å². The van der Waals surface area contributed by atoms with Crippen molar-refractivity contribution < 1.29 is 13.2 Å². The topological polar surface area (TPSA) is 79.4 Å². The van der Waals surface area contributed by atoms with Crippen LogP contribution in [-0.2, 0) is 14.8 Å². The van der Waals surface area contributed by atoms with Crippen molar-refractivity contribution in [3.8, 4) is 0 Å². The van der Waals surface area contributed by atoms with Gasteiger partial charge < -0.3 is 5.32 Å². The van der Waals surface area contributed by atoms with Gasteiger partial charge in [0, 0.05) is 23.5 Å². The molecule has 4 rings (SSSR count). The van der Waals surface area contributed by atoms with Crippen LogP contribution in [0.5, 0.6) is 0 Å². The number of nitrogens with one attached hydrogen (secondary N) is 1. The molecular formula is C17H13N3O3S. The van der Waals surface area contributed by atoms with Gasteiger partial charge in [-0.3, -0.25) is 14.1 Å². The molecule has 6 nitrogen and oxygen atoms in total. The molecule has 1 aliphatic heterocycles. The first-order chi connectivity index (χ1) is 11.6. The summed E-state index contributed by atoms with van der Waals surface area (Å²) in [7, 11) is -3.73. The van der Waals surface area contributed by atoms with E-state index in [1.807, 2.05) is 12.1 Å². The van der Waals surface area contributed by atoms with Crippen molar-refractivity contribution in [2.75, 3.05) is 16.2 Å². The summed E-state index contributed by atoms with van der Waals surface area (Å²) in [4.78, 5) is 16.4. The van der Waals surface area contributed by atoms with E-state index in [9.17, 15) is 13.2 Å². The van der Waals surface area contributed by atoms with Gasteiger partial charge in [0.25, 0.3) is 10.0 Å². The van der Waals surface area contributed by atoms with Crippen LogP contribution in [0.25, 0.3) is 10.8 Å². The molecule has 0 saturated carbocycles. The number of benzene rings is 2. The third-order valence-corrected chi connectivity index (χ3v) is 5.73. The van der Waals surface area contributed by atoms with E-state index >= 15 is 0 Å². The summed E-state index contributed by atoms with van der Waals surface area (Å²) in [5, 5.41) is 4.18. The molecule has 0 unspecified atom stereocenters. The molecule has 24 heavy (non-hydrogen) atoms. The monoisotopic (exact) mass is 339 g/mol. The fourth-order valence-electron chi connectivity index (χ4n) is 2.89. The first-order valence-electron chi connectivity index (χ1n) is 7.32. The van der Waals surface area contributed by atoms with E-state index in [0.717, 1.165) is 9.69 Å². The molecule has 1 N–H and O–H groups in total. The SMILES string of the molecule is O=C(CN1c2cccc3cccc(c23)S1(=O)=O)Nc1ccncc1. The zero-order chi connectivity index (χ0) is 16.7. The largest absolute Gasteiger partial charge is 0.324 e. The molecule has 1 aromatic heterocycles. The maximum atomic E-state index is 12.8. The Kier molecular flexibility index (Phi) is 3.24. The minimum Gasteiger partial charge on any atom is -0.324 e. The second-order valence-electron chi connectivity index (χ2n) is 5.43. The van der Waals surface area contributed by atoms with Crippen LogP contribution in [-0.4, -0.2) is 25.9 Å². The average molecular weight is 339 g/mol. The molecule has 0 aliphatic carbocycles. The number of hydrogen-bond donors (Lipinski definition) is 1. The van der Waals surface area contributed by atoms with E-state index < -0.39 is 15.9 Å². The lowest BCUT2D eigenvalue weighted by atomic mass is 10.1. The van der Waals surface area contributed by atoms with Gasteiger partial charge in [-0.25, -0.2) is 8.42 Å².